The van der Waals surface area contributed by atoms with Crippen molar-refractivity contribution in [1.82, 2.24) is 4.98 Å². The number of aromatic nitrogens is 1. The second-order valence-electron chi connectivity index (χ2n) is 4.22. The minimum Gasteiger partial charge on any atom is -0.279 e. The summed E-state index contributed by atoms with van der Waals surface area (Å²) in [6.45, 7) is 3.81. The van der Waals surface area contributed by atoms with Crippen LogP contribution in [0.3, 0.4) is 0 Å². The van der Waals surface area contributed by atoms with E-state index >= 15 is 0 Å². The molecule has 0 amide bonds. The van der Waals surface area contributed by atoms with Gasteiger partial charge in [-0.15, -0.1) is 0 Å². The number of nitrogens with one attached hydrogen (secondary N) is 1. The molecule has 0 saturated carbocycles. The van der Waals surface area contributed by atoms with Gasteiger partial charge in [-0.25, -0.2) is 13.4 Å². The van der Waals surface area contributed by atoms with Gasteiger partial charge in [-0.3, -0.25) is 4.72 Å². The second-order valence-corrected chi connectivity index (χ2v) is 6.29. The van der Waals surface area contributed by atoms with Crippen molar-refractivity contribution >= 4 is 27.3 Å². The van der Waals surface area contributed by atoms with Gasteiger partial charge < -0.3 is 0 Å². The summed E-state index contributed by atoms with van der Waals surface area (Å²) in [5, 5.41) is 0.236. The first-order valence-corrected chi connectivity index (χ1v) is 7.46. The summed E-state index contributed by atoms with van der Waals surface area (Å²) in [5.74, 6) is 0. The molecule has 1 heterocycles. The molecule has 1 aromatic carbocycles. The normalized spacial score (nSPS) is 11.3. The Labute approximate surface area is 117 Å². The van der Waals surface area contributed by atoms with E-state index < -0.39 is 10.0 Å². The molecule has 2 aromatic rings. The van der Waals surface area contributed by atoms with E-state index in [1.807, 2.05) is 13.8 Å². The Morgan fingerprint density at radius 3 is 2.47 bits per heavy atom. The number of pyridine rings is 1. The Bertz CT molecular complexity index is 714. The summed E-state index contributed by atoms with van der Waals surface area (Å²) in [4.78, 5) is 4.02. The lowest BCUT2D eigenvalue weighted by atomic mass is 10.1. The minimum absolute atomic E-state index is 0.225. The molecule has 0 saturated heterocycles. The summed E-state index contributed by atoms with van der Waals surface area (Å²) >= 11 is 5.72. The van der Waals surface area contributed by atoms with Gasteiger partial charge in [0, 0.05) is 6.20 Å². The van der Waals surface area contributed by atoms with E-state index in [1.165, 1.54) is 12.3 Å². The molecule has 0 spiro atoms. The maximum Gasteiger partial charge on any atom is 0.261 e. The maximum absolute atomic E-state index is 12.2. The SMILES string of the molecule is Cc1ccc(S(=O)(=O)Nc2ccnc(Cl)c2)cc1C. The van der Waals surface area contributed by atoms with Crippen molar-refractivity contribution in [3.05, 3.63) is 52.8 Å². The number of benzene rings is 1. The predicted octanol–water partition coefficient (Wildman–Crippen LogP) is 3.15. The van der Waals surface area contributed by atoms with Gasteiger partial charge in [0.25, 0.3) is 10.0 Å². The smallest absolute Gasteiger partial charge is 0.261 e. The van der Waals surface area contributed by atoms with Crippen LogP contribution in [-0.4, -0.2) is 13.4 Å². The zero-order valence-corrected chi connectivity index (χ0v) is 12.1. The number of nitrogens with zero attached hydrogens (tertiary/aromatic N) is 1. The third kappa shape index (κ3) is 3.24. The van der Waals surface area contributed by atoms with Gasteiger partial charge in [-0.2, -0.15) is 0 Å². The number of anilines is 1. The molecule has 0 fully saturated rings. The van der Waals surface area contributed by atoms with E-state index in [0.717, 1.165) is 11.1 Å². The van der Waals surface area contributed by atoms with E-state index in [-0.39, 0.29) is 10.0 Å². The molecule has 1 N–H and O–H groups in total. The van der Waals surface area contributed by atoms with Gasteiger partial charge in [0.1, 0.15) is 5.15 Å². The van der Waals surface area contributed by atoms with Gasteiger partial charge in [-0.05, 0) is 49.2 Å². The molecule has 1 aromatic heterocycles. The maximum atomic E-state index is 12.2. The van der Waals surface area contributed by atoms with Gasteiger partial charge in [0.05, 0.1) is 10.6 Å². The minimum atomic E-state index is -3.61. The quantitative estimate of drug-likeness (QED) is 0.885. The lowest BCUT2D eigenvalue weighted by molar-refractivity contribution is 0.601. The average molecular weight is 297 g/mol. The molecule has 100 valence electrons. The Hall–Kier alpha value is -1.59. The van der Waals surface area contributed by atoms with E-state index in [0.29, 0.717) is 5.69 Å². The summed E-state index contributed by atoms with van der Waals surface area (Å²) in [6.07, 6.45) is 1.45. The highest BCUT2D eigenvalue weighted by molar-refractivity contribution is 7.92. The number of rotatable bonds is 3. The lowest BCUT2D eigenvalue weighted by Crippen LogP contribution is -2.13. The van der Waals surface area contributed by atoms with Crippen LogP contribution in [0.1, 0.15) is 11.1 Å². The molecule has 0 aliphatic heterocycles. The Kier molecular flexibility index (Phi) is 3.78. The third-order valence-corrected chi connectivity index (χ3v) is 4.35. The molecule has 6 heteroatoms. The first kappa shape index (κ1) is 13.8. The topological polar surface area (TPSA) is 59.1 Å². The van der Waals surface area contributed by atoms with Gasteiger partial charge in [0.2, 0.25) is 0 Å². The highest BCUT2D eigenvalue weighted by Crippen LogP contribution is 2.19. The van der Waals surface area contributed by atoms with Crippen molar-refractivity contribution in [2.45, 2.75) is 18.7 Å². The van der Waals surface area contributed by atoms with Crippen LogP contribution in [0.5, 0.6) is 0 Å². The van der Waals surface area contributed by atoms with E-state index in [4.69, 9.17) is 11.6 Å². The molecular formula is C13H13ClN2O2S. The fourth-order valence-electron chi connectivity index (χ4n) is 1.56. The summed E-state index contributed by atoms with van der Waals surface area (Å²) < 4.78 is 26.9. The first-order chi connectivity index (χ1) is 8.88. The molecule has 4 nitrogen and oxygen atoms in total. The largest absolute Gasteiger partial charge is 0.279 e. The number of aryl methyl sites for hydroxylation is 2. The van der Waals surface area contributed by atoms with Crippen LogP contribution in [-0.2, 0) is 10.0 Å². The molecule has 0 atom stereocenters. The van der Waals surface area contributed by atoms with Gasteiger partial charge >= 0.3 is 0 Å². The Balaban J connectivity index is 2.35. The van der Waals surface area contributed by atoms with Crippen LogP contribution in [0.2, 0.25) is 5.15 Å². The lowest BCUT2D eigenvalue weighted by Gasteiger charge is -2.09. The average Bonchev–Trinajstić information content (AvgIpc) is 2.32. The molecule has 0 bridgehead atoms. The summed E-state index contributed by atoms with van der Waals surface area (Å²) in [6, 6.07) is 8.00. The van der Waals surface area contributed by atoms with Crippen molar-refractivity contribution in [1.29, 1.82) is 0 Å². The van der Waals surface area contributed by atoms with Gasteiger partial charge in [0.15, 0.2) is 0 Å². The second kappa shape index (κ2) is 5.19. The first-order valence-electron chi connectivity index (χ1n) is 5.60. The Morgan fingerprint density at radius 2 is 1.84 bits per heavy atom. The van der Waals surface area contributed by atoms with E-state index in [9.17, 15) is 8.42 Å². The third-order valence-electron chi connectivity index (χ3n) is 2.77. The van der Waals surface area contributed by atoms with Crippen LogP contribution in [0.25, 0.3) is 0 Å². The number of sulfonamides is 1. The fourth-order valence-corrected chi connectivity index (χ4v) is 2.87. The predicted molar refractivity (Wildman–Crippen MR) is 76.0 cm³/mol. The van der Waals surface area contributed by atoms with Crippen molar-refractivity contribution < 1.29 is 8.42 Å². The summed E-state index contributed by atoms with van der Waals surface area (Å²) in [5.41, 5.74) is 2.36. The number of hydrogen-bond acceptors (Lipinski definition) is 3. The van der Waals surface area contributed by atoms with E-state index in [1.54, 1.807) is 24.3 Å². The molecule has 0 radical (unpaired) electrons. The van der Waals surface area contributed by atoms with Crippen molar-refractivity contribution in [3.63, 3.8) is 0 Å². The fraction of sp³-hybridized carbons (Fsp3) is 0.154. The number of hydrogen-bond donors (Lipinski definition) is 1. The standard InChI is InChI=1S/C13H13ClN2O2S/c1-9-3-4-12(7-10(9)2)19(17,18)16-11-5-6-15-13(14)8-11/h3-8H,1-2H3,(H,15,16). The highest BCUT2D eigenvalue weighted by atomic mass is 35.5. The van der Waals surface area contributed by atoms with Gasteiger partial charge in [-0.1, -0.05) is 17.7 Å². The van der Waals surface area contributed by atoms with Crippen LogP contribution < -0.4 is 4.72 Å². The van der Waals surface area contributed by atoms with Crippen molar-refractivity contribution in [2.24, 2.45) is 0 Å². The van der Waals surface area contributed by atoms with E-state index in [2.05, 4.69) is 9.71 Å². The van der Waals surface area contributed by atoms with Crippen molar-refractivity contribution in [2.75, 3.05) is 4.72 Å². The Morgan fingerprint density at radius 1 is 1.11 bits per heavy atom. The van der Waals surface area contributed by atoms with Crippen LogP contribution in [0, 0.1) is 13.8 Å². The summed E-state index contributed by atoms with van der Waals surface area (Å²) in [7, 11) is -3.61. The molecule has 0 aliphatic rings. The monoisotopic (exact) mass is 296 g/mol. The van der Waals surface area contributed by atoms with Crippen LogP contribution in [0.15, 0.2) is 41.4 Å². The zero-order chi connectivity index (χ0) is 14.0. The zero-order valence-electron chi connectivity index (χ0n) is 10.5. The molecule has 2 rings (SSSR count). The highest BCUT2D eigenvalue weighted by Gasteiger charge is 2.14. The molecule has 19 heavy (non-hydrogen) atoms. The number of halogens is 1. The molecule has 0 unspecified atom stereocenters. The van der Waals surface area contributed by atoms with Crippen LogP contribution >= 0.6 is 11.6 Å². The molecular weight excluding hydrogens is 284 g/mol. The van der Waals surface area contributed by atoms with Crippen LogP contribution in [0.4, 0.5) is 5.69 Å². The van der Waals surface area contributed by atoms with Crippen molar-refractivity contribution in [3.8, 4) is 0 Å². The molecule has 0 aliphatic carbocycles.